The molecular weight excluding hydrogens is 360 g/mol. The summed E-state index contributed by atoms with van der Waals surface area (Å²) in [5.74, 6) is -1.44. The smallest absolute Gasteiger partial charge is 0.354 e. The predicted octanol–water partition coefficient (Wildman–Crippen LogP) is 2.35. The van der Waals surface area contributed by atoms with Gasteiger partial charge >= 0.3 is 11.9 Å². The molecule has 8 heteroatoms. The Morgan fingerprint density at radius 3 is 2.46 bits per heavy atom. The average molecular weight is 382 g/mol. The highest BCUT2D eigenvalue weighted by Gasteiger charge is 2.21. The van der Waals surface area contributed by atoms with Crippen LogP contribution in [0.4, 0.5) is 0 Å². The van der Waals surface area contributed by atoms with Gasteiger partial charge < -0.3 is 19.4 Å². The van der Waals surface area contributed by atoms with Crippen molar-refractivity contribution in [2.75, 3.05) is 27.8 Å². The highest BCUT2D eigenvalue weighted by atomic mass is 16.5. The normalized spacial score (nSPS) is 11.4. The maximum Gasteiger partial charge on any atom is 0.354 e. The van der Waals surface area contributed by atoms with Gasteiger partial charge in [0.15, 0.2) is 0 Å². The van der Waals surface area contributed by atoms with Crippen LogP contribution in [0.2, 0.25) is 0 Å². The second-order valence-electron chi connectivity index (χ2n) is 5.91. The minimum absolute atomic E-state index is 0.0258. The van der Waals surface area contributed by atoms with Crippen LogP contribution in [0.3, 0.4) is 0 Å². The quantitative estimate of drug-likeness (QED) is 0.416. The maximum atomic E-state index is 12.0. The number of nitriles is 2. The van der Waals surface area contributed by atoms with Crippen molar-refractivity contribution in [2.24, 2.45) is 0 Å². The fraction of sp³-hybridized carbons (Fsp3) is 0.300. The van der Waals surface area contributed by atoms with Gasteiger partial charge in [0, 0.05) is 30.9 Å². The second-order valence-corrected chi connectivity index (χ2v) is 5.91. The lowest BCUT2D eigenvalue weighted by Gasteiger charge is -2.24. The summed E-state index contributed by atoms with van der Waals surface area (Å²) < 4.78 is 9.32. The zero-order valence-corrected chi connectivity index (χ0v) is 16.3. The summed E-state index contributed by atoms with van der Waals surface area (Å²) in [6, 6.07) is 5.40. The van der Waals surface area contributed by atoms with E-state index in [2.05, 4.69) is 16.3 Å². The van der Waals surface area contributed by atoms with Crippen molar-refractivity contribution in [3.8, 4) is 12.1 Å². The topological polar surface area (TPSA) is 119 Å². The molecule has 0 spiro atoms. The van der Waals surface area contributed by atoms with E-state index in [4.69, 9.17) is 15.3 Å². The van der Waals surface area contributed by atoms with E-state index in [1.165, 1.54) is 20.3 Å². The number of aromatic nitrogens is 1. The Balaban J connectivity index is 3.16. The number of esters is 2. The molecule has 1 aromatic heterocycles. The molecule has 0 aliphatic heterocycles. The summed E-state index contributed by atoms with van der Waals surface area (Å²) in [5, 5.41) is 17.8. The number of likely N-dealkylation sites (N-methyl/N-ethyl adjacent to an activating group) is 1. The Labute approximate surface area is 164 Å². The van der Waals surface area contributed by atoms with Gasteiger partial charge in [-0.2, -0.15) is 10.5 Å². The predicted molar refractivity (Wildman–Crippen MR) is 103 cm³/mol. The summed E-state index contributed by atoms with van der Waals surface area (Å²) in [6.07, 6.45) is 4.18. The van der Waals surface area contributed by atoms with Gasteiger partial charge in [0.1, 0.15) is 23.4 Å². The van der Waals surface area contributed by atoms with Crippen molar-refractivity contribution in [3.05, 3.63) is 46.9 Å². The number of methoxy groups -OCH3 is 2. The molecule has 0 fully saturated rings. The van der Waals surface area contributed by atoms with Gasteiger partial charge in [0.05, 0.1) is 20.3 Å². The molecule has 1 rings (SSSR count). The Morgan fingerprint density at radius 2 is 1.96 bits per heavy atom. The molecule has 8 nitrogen and oxygen atoms in total. The van der Waals surface area contributed by atoms with E-state index in [0.717, 1.165) is 17.3 Å². The molecule has 1 atom stereocenters. The second kappa shape index (κ2) is 10.4. The molecule has 0 aliphatic rings. The number of hydrogen-bond acceptors (Lipinski definition) is 7. The summed E-state index contributed by atoms with van der Waals surface area (Å²) >= 11 is 0. The third-order valence-corrected chi connectivity index (χ3v) is 3.96. The van der Waals surface area contributed by atoms with Crippen LogP contribution < -0.4 is 0 Å². The van der Waals surface area contributed by atoms with Crippen molar-refractivity contribution >= 4 is 24.1 Å². The van der Waals surface area contributed by atoms with E-state index in [9.17, 15) is 9.59 Å². The lowest BCUT2D eigenvalue weighted by molar-refractivity contribution is -0.139. The molecule has 146 valence electrons. The van der Waals surface area contributed by atoms with Gasteiger partial charge in [-0.1, -0.05) is 19.6 Å². The lowest BCUT2D eigenvalue weighted by Crippen LogP contribution is -2.29. The average Bonchev–Trinajstić information content (AvgIpc) is 3.12. The number of nitrogens with one attached hydrogen (secondary N) is 1. The summed E-state index contributed by atoms with van der Waals surface area (Å²) in [7, 11) is 4.10. The molecule has 0 radical (unpaired) electrons. The highest BCUT2D eigenvalue weighted by molar-refractivity contribution is 5.95. The number of rotatable bonds is 8. The van der Waals surface area contributed by atoms with E-state index in [0.29, 0.717) is 12.2 Å². The molecular formula is C20H22N4O4. The van der Waals surface area contributed by atoms with Crippen LogP contribution in [-0.2, 0) is 19.1 Å². The van der Waals surface area contributed by atoms with E-state index in [-0.39, 0.29) is 17.2 Å². The van der Waals surface area contributed by atoms with Crippen molar-refractivity contribution in [2.45, 2.75) is 12.8 Å². The molecule has 0 saturated heterocycles. The number of carbonyl (C=O) groups is 2. The third-order valence-electron chi connectivity index (χ3n) is 3.96. The number of H-pyrrole nitrogens is 1. The van der Waals surface area contributed by atoms with E-state index in [1.807, 2.05) is 19.1 Å². The molecule has 0 amide bonds. The van der Waals surface area contributed by atoms with Crippen LogP contribution >= 0.6 is 0 Å². The molecule has 1 unspecified atom stereocenters. The standard InChI is InChI=1S/C20H22N4O4/c1-6-15-8-16(7-14(10-21)11-22)23-19(15)13(2)12-24(3)17(20(26)28-5)9-18(25)27-4/h6-9,13,23H,1,12H2,2-5H3/b17-9+. The number of nitrogens with zero attached hydrogens (tertiary/aromatic N) is 3. The van der Waals surface area contributed by atoms with Crippen LogP contribution in [-0.4, -0.2) is 49.6 Å². The third kappa shape index (κ3) is 5.61. The summed E-state index contributed by atoms with van der Waals surface area (Å²) in [6.45, 7) is 6.07. The van der Waals surface area contributed by atoms with Gasteiger partial charge in [0.25, 0.3) is 0 Å². The van der Waals surface area contributed by atoms with Crippen molar-refractivity contribution < 1.29 is 19.1 Å². The number of aromatic amines is 1. The first kappa shape index (κ1) is 22.3. The zero-order chi connectivity index (χ0) is 21.3. The van der Waals surface area contributed by atoms with Crippen LogP contribution in [0.15, 0.2) is 30.0 Å². The fourth-order valence-electron chi connectivity index (χ4n) is 2.61. The number of ether oxygens (including phenoxy) is 2. The molecule has 0 aromatic carbocycles. The first-order chi connectivity index (χ1) is 13.3. The minimum atomic E-state index is -0.667. The van der Waals surface area contributed by atoms with Crippen LogP contribution in [0.5, 0.6) is 0 Å². The summed E-state index contributed by atoms with van der Waals surface area (Å²) in [5.41, 5.74) is 2.24. The molecule has 28 heavy (non-hydrogen) atoms. The lowest BCUT2D eigenvalue weighted by atomic mass is 10.0. The Kier molecular flexibility index (Phi) is 8.26. The van der Waals surface area contributed by atoms with Gasteiger partial charge in [-0.05, 0) is 17.7 Å². The Morgan fingerprint density at radius 1 is 1.32 bits per heavy atom. The summed E-state index contributed by atoms with van der Waals surface area (Å²) in [4.78, 5) is 28.3. The van der Waals surface area contributed by atoms with Gasteiger partial charge in [-0.3, -0.25) is 0 Å². The molecule has 0 bridgehead atoms. The van der Waals surface area contributed by atoms with Crippen molar-refractivity contribution in [1.29, 1.82) is 10.5 Å². The highest BCUT2D eigenvalue weighted by Crippen LogP contribution is 2.24. The zero-order valence-electron chi connectivity index (χ0n) is 16.3. The van der Waals surface area contributed by atoms with Crippen LogP contribution in [0.25, 0.3) is 12.2 Å². The maximum absolute atomic E-state index is 12.0. The van der Waals surface area contributed by atoms with Crippen molar-refractivity contribution in [3.63, 3.8) is 0 Å². The van der Waals surface area contributed by atoms with Crippen molar-refractivity contribution in [1.82, 2.24) is 9.88 Å². The van der Waals surface area contributed by atoms with Gasteiger partial charge in [0.2, 0.25) is 0 Å². The Hall–Kier alpha value is -3.78. The SMILES string of the molecule is C=Cc1cc(C=C(C#N)C#N)[nH]c1C(C)CN(C)/C(=C/C(=O)OC)C(=O)OC. The molecule has 0 aliphatic carbocycles. The number of allylic oxidation sites excluding steroid dienone is 1. The molecule has 1 N–H and O–H groups in total. The largest absolute Gasteiger partial charge is 0.466 e. The van der Waals surface area contributed by atoms with Crippen LogP contribution in [0, 0.1) is 22.7 Å². The molecule has 0 saturated carbocycles. The van der Waals surface area contributed by atoms with Gasteiger partial charge in [-0.15, -0.1) is 0 Å². The first-order valence-corrected chi connectivity index (χ1v) is 8.27. The van der Waals surface area contributed by atoms with Crippen LogP contribution in [0.1, 0.15) is 29.8 Å². The van der Waals surface area contributed by atoms with E-state index >= 15 is 0 Å². The Bertz CT molecular complexity index is 880. The molecule has 1 heterocycles. The fourth-order valence-corrected chi connectivity index (χ4v) is 2.61. The molecule has 1 aromatic rings. The number of hydrogen-bond donors (Lipinski definition) is 1. The monoisotopic (exact) mass is 382 g/mol. The van der Waals surface area contributed by atoms with Gasteiger partial charge in [-0.25, -0.2) is 9.59 Å². The first-order valence-electron chi connectivity index (χ1n) is 8.27. The van der Waals surface area contributed by atoms with E-state index in [1.54, 1.807) is 24.1 Å². The van der Waals surface area contributed by atoms with E-state index < -0.39 is 11.9 Å². The minimum Gasteiger partial charge on any atom is -0.466 e. The number of carbonyl (C=O) groups excluding carboxylic acids is 2.